The van der Waals surface area contributed by atoms with Crippen LogP contribution in [0.2, 0.25) is 0 Å². The Kier molecular flexibility index (Phi) is 5.38. The zero-order chi connectivity index (χ0) is 14.5. The van der Waals surface area contributed by atoms with Crippen LogP contribution in [0, 0.1) is 0 Å². The Morgan fingerprint density at radius 3 is 2.65 bits per heavy atom. The van der Waals surface area contributed by atoms with E-state index in [0.717, 1.165) is 17.9 Å². The second kappa shape index (κ2) is 7.04. The van der Waals surface area contributed by atoms with E-state index in [0.29, 0.717) is 11.0 Å². The summed E-state index contributed by atoms with van der Waals surface area (Å²) in [6.45, 7) is 0.943. The highest BCUT2D eigenvalue weighted by molar-refractivity contribution is 7.80. The Morgan fingerprint density at radius 2 is 2.05 bits per heavy atom. The summed E-state index contributed by atoms with van der Waals surface area (Å²) in [7, 11) is 3.87. The van der Waals surface area contributed by atoms with E-state index in [1.807, 2.05) is 12.1 Å². The fourth-order valence-corrected chi connectivity index (χ4v) is 3.15. The number of methoxy groups -OCH3 is 1. The van der Waals surface area contributed by atoms with Crippen LogP contribution in [0.1, 0.15) is 43.2 Å². The van der Waals surface area contributed by atoms with Crippen molar-refractivity contribution < 1.29 is 4.74 Å². The molecule has 110 valence electrons. The number of rotatable bonds is 5. The molecule has 2 rings (SSSR count). The Hall–Kier alpha value is -1.13. The van der Waals surface area contributed by atoms with Crippen LogP contribution in [-0.2, 0) is 6.54 Å². The largest absolute Gasteiger partial charge is 0.496 e. The van der Waals surface area contributed by atoms with Crippen molar-refractivity contribution in [1.29, 1.82) is 0 Å². The third-order valence-electron chi connectivity index (χ3n) is 4.16. The van der Waals surface area contributed by atoms with Gasteiger partial charge in [-0.05, 0) is 37.6 Å². The smallest absolute Gasteiger partial charge is 0.129 e. The van der Waals surface area contributed by atoms with Crippen LogP contribution >= 0.6 is 12.2 Å². The minimum atomic E-state index is 0.383. The van der Waals surface area contributed by atoms with Gasteiger partial charge in [0.25, 0.3) is 0 Å². The molecule has 3 nitrogen and oxygen atoms in total. The van der Waals surface area contributed by atoms with Gasteiger partial charge in [0.05, 0.1) is 12.7 Å². The lowest BCUT2D eigenvalue weighted by atomic mass is 9.94. The summed E-state index contributed by atoms with van der Waals surface area (Å²) < 4.78 is 5.39. The van der Waals surface area contributed by atoms with E-state index in [2.05, 4.69) is 18.0 Å². The Bertz CT molecular complexity index is 470. The van der Waals surface area contributed by atoms with Gasteiger partial charge < -0.3 is 10.5 Å². The minimum Gasteiger partial charge on any atom is -0.496 e. The molecular formula is C16H24N2OS. The number of hydrogen-bond acceptors (Lipinski definition) is 3. The average Bonchev–Trinajstić information content (AvgIpc) is 2.47. The fraction of sp³-hybridized carbons (Fsp3) is 0.562. The summed E-state index contributed by atoms with van der Waals surface area (Å²) in [6.07, 6.45) is 6.75. The van der Waals surface area contributed by atoms with Crippen LogP contribution in [-0.4, -0.2) is 30.1 Å². The molecule has 1 aliphatic rings. The molecule has 0 bridgehead atoms. The second-order valence-electron chi connectivity index (χ2n) is 5.61. The van der Waals surface area contributed by atoms with Crippen molar-refractivity contribution >= 4 is 17.2 Å². The Morgan fingerprint density at radius 1 is 1.35 bits per heavy atom. The molecule has 1 fully saturated rings. The first-order valence-corrected chi connectivity index (χ1v) is 7.69. The van der Waals surface area contributed by atoms with Crippen molar-refractivity contribution in [3.63, 3.8) is 0 Å². The molecule has 1 aromatic rings. The molecule has 0 saturated heterocycles. The van der Waals surface area contributed by atoms with E-state index in [1.165, 1.54) is 37.7 Å². The van der Waals surface area contributed by atoms with Crippen LogP contribution in [0.3, 0.4) is 0 Å². The summed E-state index contributed by atoms with van der Waals surface area (Å²) in [4.78, 5) is 2.84. The lowest BCUT2D eigenvalue weighted by Gasteiger charge is -2.31. The summed E-state index contributed by atoms with van der Waals surface area (Å²) in [5, 5.41) is 0. The van der Waals surface area contributed by atoms with Crippen LogP contribution in [0.5, 0.6) is 5.75 Å². The predicted molar refractivity (Wildman–Crippen MR) is 87.2 cm³/mol. The van der Waals surface area contributed by atoms with Gasteiger partial charge in [-0.1, -0.05) is 37.5 Å². The van der Waals surface area contributed by atoms with Gasteiger partial charge in [0, 0.05) is 12.6 Å². The molecule has 2 N–H and O–H groups in total. The quantitative estimate of drug-likeness (QED) is 0.846. The number of ether oxygens (including phenoxy) is 1. The topological polar surface area (TPSA) is 38.5 Å². The van der Waals surface area contributed by atoms with Crippen LogP contribution in [0.25, 0.3) is 0 Å². The molecule has 0 aromatic heterocycles. The zero-order valence-corrected chi connectivity index (χ0v) is 13.2. The zero-order valence-electron chi connectivity index (χ0n) is 12.4. The number of thiocarbonyl (C=S) groups is 1. The van der Waals surface area contributed by atoms with Crippen molar-refractivity contribution in [2.24, 2.45) is 5.73 Å². The average molecular weight is 292 g/mol. The monoisotopic (exact) mass is 292 g/mol. The van der Waals surface area contributed by atoms with E-state index in [4.69, 9.17) is 22.7 Å². The molecule has 4 heteroatoms. The number of benzene rings is 1. The molecule has 0 radical (unpaired) electrons. The first-order chi connectivity index (χ1) is 9.61. The lowest BCUT2D eigenvalue weighted by Crippen LogP contribution is -2.32. The summed E-state index contributed by atoms with van der Waals surface area (Å²) in [6, 6.07) is 6.82. The van der Waals surface area contributed by atoms with Gasteiger partial charge in [0.1, 0.15) is 10.7 Å². The molecule has 0 atom stereocenters. The number of nitrogens with zero attached hydrogens (tertiary/aromatic N) is 1. The van der Waals surface area contributed by atoms with Crippen molar-refractivity contribution in [3.8, 4) is 5.75 Å². The predicted octanol–water partition coefficient (Wildman–Crippen LogP) is 3.09. The highest BCUT2D eigenvalue weighted by Gasteiger charge is 2.18. The highest BCUT2D eigenvalue weighted by atomic mass is 32.1. The maximum atomic E-state index is 5.70. The molecule has 0 spiro atoms. The van der Waals surface area contributed by atoms with Crippen molar-refractivity contribution in [2.45, 2.75) is 44.7 Å². The van der Waals surface area contributed by atoms with E-state index < -0.39 is 0 Å². The van der Waals surface area contributed by atoms with Gasteiger partial charge in [0.2, 0.25) is 0 Å². The lowest BCUT2D eigenvalue weighted by molar-refractivity contribution is 0.184. The van der Waals surface area contributed by atoms with E-state index in [1.54, 1.807) is 7.11 Å². The number of nitrogens with two attached hydrogens (primary N) is 1. The van der Waals surface area contributed by atoms with Crippen LogP contribution in [0.15, 0.2) is 18.2 Å². The number of hydrogen-bond donors (Lipinski definition) is 1. The van der Waals surface area contributed by atoms with E-state index in [-0.39, 0.29) is 0 Å². The maximum Gasteiger partial charge on any atom is 0.129 e. The molecule has 0 amide bonds. The van der Waals surface area contributed by atoms with Crippen LogP contribution in [0.4, 0.5) is 0 Å². The minimum absolute atomic E-state index is 0.383. The van der Waals surface area contributed by atoms with Gasteiger partial charge in [-0.3, -0.25) is 4.90 Å². The normalized spacial score (nSPS) is 16.4. The van der Waals surface area contributed by atoms with E-state index in [9.17, 15) is 0 Å². The SMILES string of the molecule is COc1cc(CN(C)C2CCCCC2)ccc1C(N)=S. The van der Waals surface area contributed by atoms with Gasteiger partial charge in [0.15, 0.2) is 0 Å². The molecule has 0 aliphatic heterocycles. The Labute approximate surface area is 127 Å². The van der Waals surface area contributed by atoms with Gasteiger partial charge in [-0.15, -0.1) is 0 Å². The van der Waals surface area contributed by atoms with Crippen LogP contribution < -0.4 is 10.5 Å². The van der Waals surface area contributed by atoms with Gasteiger partial charge >= 0.3 is 0 Å². The van der Waals surface area contributed by atoms with Gasteiger partial charge in [-0.2, -0.15) is 0 Å². The van der Waals surface area contributed by atoms with Crippen molar-refractivity contribution in [2.75, 3.05) is 14.2 Å². The van der Waals surface area contributed by atoms with Gasteiger partial charge in [-0.25, -0.2) is 0 Å². The third-order valence-corrected chi connectivity index (χ3v) is 4.38. The first kappa shape index (κ1) is 15.3. The molecular weight excluding hydrogens is 268 g/mol. The standard InChI is InChI=1S/C16H24N2OS/c1-18(13-6-4-3-5-7-13)11-12-8-9-14(16(17)20)15(10-12)19-2/h8-10,13H,3-7,11H2,1-2H3,(H2,17,20). The van der Waals surface area contributed by atoms with Crippen molar-refractivity contribution in [3.05, 3.63) is 29.3 Å². The van der Waals surface area contributed by atoms with Crippen molar-refractivity contribution in [1.82, 2.24) is 4.90 Å². The summed E-state index contributed by atoms with van der Waals surface area (Å²) in [5.41, 5.74) is 7.76. The molecule has 20 heavy (non-hydrogen) atoms. The molecule has 1 aliphatic carbocycles. The molecule has 0 heterocycles. The molecule has 1 saturated carbocycles. The Balaban J connectivity index is 2.07. The summed E-state index contributed by atoms with van der Waals surface area (Å²) in [5.74, 6) is 0.770. The second-order valence-corrected chi connectivity index (χ2v) is 6.05. The molecule has 0 unspecified atom stereocenters. The fourth-order valence-electron chi connectivity index (χ4n) is 2.98. The molecule has 1 aromatic carbocycles. The first-order valence-electron chi connectivity index (χ1n) is 7.28. The highest BCUT2D eigenvalue weighted by Crippen LogP contribution is 2.25. The maximum absolute atomic E-state index is 5.70. The van der Waals surface area contributed by atoms with E-state index >= 15 is 0 Å². The third kappa shape index (κ3) is 3.70. The summed E-state index contributed by atoms with van der Waals surface area (Å²) >= 11 is 5.04.